The topological polar surface area (TPSA) is 29.5 Å². The summed E-state index contributed by atoms with van der Waals surface area (Å²) in [5, 5.41) is 0. The van der Waals surface area contributed by atoms with E-state index in [0.29, 0.717) is 18.8 Å². The lowest BCUT2D eigenvalue weighted by molar-refractivity contribution is -0.123. The van der Waals surface area contributed by atoms with E-state index >= 15 is 0 Å². The van der Waals surface area contributed by atoms with Crippen molar-refractivity contribution in [3.8, 4) is 0 Å². The van der Waals surface area contributed by atoms with E-state index in [0.717, 1.165) is 13.1 Å². The molecule has 0 amide bonds. The summed E-state index contributed by atoms with van der Waals surface area (Å²) in [4.78, 5) is 13.5. The molecule has 3 heteroatoms. The van der Waals surface area contributed by atoms with Crippen molar-refractivity contribution < 1.29 is 9.53 Å². The number of hydrogen-bond acceptors (Lipinski definition) is 3. The summed E-state index contributed by atoms with van der Waals surface area (Å²) < 4.78 is 4.98. The maximum atomic E-state index is 11.4. The zero-order chi connectivity index (χ0) is 10.3. The Balaban J connectivity index is 3.98. The number of carbonyl (C=O) groups is 1. The Hall–Kier alpha value is -0.410. The Morgan fingerprint density at radius 1 is 1.46 bits per heavy atom. The lowest BCUT2D eigenvalue weighted by Crippen LogP contribution is -2.40. The number of likely N-dealkylation sites (N-methyl/N-ethyl adjacent to an activating group) is 1. The monoisotopic (exact) mass is 187 g/mol. The first-order chi connectivity index (χ1) is 6.17. The summed E-state index contributed by atoms with van der Waals surface area (Å²) in [6.45, 7) is 8.36. The fraction of sp³-hybridized carbons (Fsp3) is 0.900. The lowest BCUT2D eigenvalue weighted by atomic mass is 10.1. The maximum Gasteiger partial charge on any atom is 0.149 e. The zero-order valence-electron chi connectivity index (χ0n) is 9.17. The van der Waals surface area contributed by atoms with E-state index in [-0.39, 0.29) is 6.04 Å². The summed E-state index contributed by atoms with van der Waals surface area (Å²) in [5.74, 6) is 0.304. The maximum absolute atomic E-state index is 11.4. The van der Waals surface area contributed by atoms with E-state index in [1.807, 2.05) is 13.8 Å². The molecular weight excluding hydrogens is 166 g/mol. The third-order valence-corrected chi connectivity index (χ3v) is 2.35. The second-order valence-electron chi connectivity index (χ2n) is 3.12. The minimum absolute atomic E-state index is 0.0325. The Bertz CT molecular complexity index is 148. The van der Waals surface area contributed by atoms with E-state index in [2.05, 4.69) is 11.8 Å². The van der Waals surface area contributed by atoms with Crippen LogP contribution in [0.15, 0.2) is 0 Å². The minimum atomic E-state index is 0.0325. The molecule has 0 aromatic rings. The number of nitrogens with zero attached hydrogens (tertiary/aromatic N) is 1. The number of methoxy groups -OCH3 is 1. The average molecular weight is 187 g/mol. The van der Waals surface area contributed by atoms with Crippen LogP contribution in [0.2, 0.25) is 0 Å². The molecule has 0 aromatic heterocycles. The molecule has 0 heterocycles. The van der Waals surface area contributed by atoms with Crippen molar-refractivity contribution in [2.75, 3.05) is 26.8 Å². The number of Topliss-reactive ketones (excluding diaryl/α,β-unsaturated/α-hetero) is 1. The van der Waals surface area contributed by atoms with Crippen LogP contribution >= 0.6 is 0 Å². The second-order valence-corrected chi connectivity index (χ2v) is 3.12. The molecule has 0 aliphatic rings. The normalized spacial score (nSPS) is 13.3. The molecule has 1 unspecified atom stereocenters. The van der Waals surface area contributed by atoms with E-state index in [1.54, 1.807) is 7.11 Å². The van der Waals surface area contributed by atoms with Gasteiger partial charge in [0.25, 0.3) is 0 Å². The van der Waals surface area contributed by atoms with Crippen molar-refractivity contribution >= 4 is 5.78 Å². The molecule has 1 atom stereocenters. The first kappa shape index (κ1) is 12.6. The van der Waals surface area contributed by atoms with Crippen LogP contribution in [0.25, 0.3) is 0 Å². The highest BCUT2D eigenvalue weighted by Gasteiger charge is 2.17. The number of hydrogen-bond donors (Lipinski definition) is 0. The van der Waals surface area contributed by atoms with Gasteiger partial charge in [-0.25, -0.2) is 0 Å². The predicted octanol–water partition coefficient (Wildman–Crippen LogP) is 1.32. The Labute approximate surface area is 81.1 Å². The first-order valence-corrected chi connectivity index (χ1v) is 4.93. The zero-order valence-corrected chi connectivity index (χ0v) is 9.17. The Morgan fingerprint density at radius 3 is 2.46 bits per heavy atom. The van der Waals surface area contributed by atoms with Crippen molar-refractivity contribution in [1.29, 1.82) is 0 Å². The second kappa shape index (κ2) is 7.04. The highest BCUT2D eigenvalue weighted by atomic mass is 16.5. The van der Waals surface area contributed by atoms with Crippen LogP contribution in [0.3, 0.4) is 0 Å². The Kier molecular flexibility index (Phi) is 6.82. The van der Waals surface area contributed by atoms with Crippen LogP contribution in [0.1, 0.15) is 27.2 Å². The van der Waals surface area contributed by atoms with Gasteiger partial charge in [-0.3, -0.25) is 9.69 Å². The molecule has 0 aliphatic heterocycles. The average Bonchev–Trinajstić information content (AvgIpc) is 2.17. The largest absolute Gasteiger partial charge is 0.383 e. The third kappa shape index (κ3) is 4.39. The van der Waals surface area contributed by atoms with E-state index in [4.69, 9.17) is 4.74 Å². The molecule has 0 aliphatic carbocycles. The molecule has 0 N–H and O–H groups in total. The molecule has 0 saturated carbocycles. The van der Waals surface area contributed by atoms with Crippen LogP contribution in [-0.2, 0) is 9.53 Å². The smallest absolute Gasteiger partial charge is 0.149 e. The minimum Gasteiger partial charge on any atom is -0.383 e. The highest BCUT2D eigenvalue weighted by molar-refractivity contribution is 5.83. The molecule has 0 spiro atoms. The Morgan fingerprint density at radius 2 is 2.08 bits per heavy atom. The van der Waals surface area contributed by atoms with Crippen LogP contribution in [-0.4, -0.2) is 43.5 Å². The fourth-order valence-electron chi connectivity index (χ4n) is 1.33. The van der Waals surface area contributed by atoms with Crippen LogP contribution in [0.4, 0.5) is 0 Å². The molecular formula is C10H21NO2. The van der Waals surface area contributed by atoms with Crippen LogP contribution in [0, 0.1) is 0 Å². The van der Waals surface area contributed by atoms with Crippen LogP contribution < -0.4 is 0 Å². The summed E-state index contributed by atoms with van der Waals surface area (Å²) in [6.07, 6.45) is 0.616. The molecule has 13 heavy (non-hydrogen) atoms. The summed E-state index contributed by atoms with van der Waals surface area (Å²) in [5.41, 5.74) is 0. The van der Waals surface area contributed by atoms with Gasteiger partial charge in [0.1, 0.15) is 5.78 Å². The highest BCUT2D eigenvalue weighted by Crippen LogP contribution is 2.02. The van der Waals surface area contributed by atoms with Gasteiger partial charge in [-0.2, -0.15) is 0 Å². The molecule has 0 saturated heterocycles. The molecule has 0 aromatic carbocycles. The predicted molar refractivity (Wildman–Crippen MR) is 53.9 cm³/mol. The first-order valence-electron chi connectivity index (χ1n) is 4.93. The van der Waals surface area contributed by atoms with Crippen molar-refractivity contribution in [2.45, 2.75) is 33.2 Å². The van der Waals surface area contributed by atoms with Gasteiger partial charge in [-0.15, -0.1) is 0 Å². The lowest BCUT2D eigenvalue weighted by Gasteiger charge is -2.25. The summed E-state index contributed by atoms with van der Waals surface area (Å²) >= 11 is 0. The van der Waals surface area contributed by atoms with Crippen molar-refractivity contribution in [2.24, 2.45) is 0 Å². The molecule has 0 bridgehead atoms. The van der Waals surface area contributed by atoms with E-state index in [1.165, 1.54) is 0 Å². The van der Waals surface area contributed by atoms with Crippen molar-refractivity contribution in [3.05, 3.63) is 0 Å². The summed E-state index contributed by atoms with van der Waals surface area (Å²) in [7, 11) is 1.68. The number of carbonyl (C=O) groups excluding carboxylic acids is 1. The van der Waals surface area contributed by atoms with Crippen LogP contribution in [0.5, 0.6) is 0 Å². The van der Waals surface area contributed by atoms with Gasteiger partial charge in [0.2, 0.25) is 0 Å². The quantitative estimate of drug-likeness (QED) is 0.602. The van der Waals surface area contributed by atoms with Crippen molar-refractivity contribution in [1.82, 2.24) is 4.90 Å². The SMILES string of the molecule is CCC(=O)C(C)N(CC)CCOC. The molecule has 0 rings (SSSR count). The van der Waals surface area contributed by atoms with Gasteiger partial charge in [-0.1, -0.05) is 13.8 Å². The van der Waals surface area contributed by atoms with Gasteiger partial charge in [0, 0.05) is 20.1 Å². The number of rotatable bonds is 7. The standard InChI is InChI=1S/C10H21NO2/c1-5-10(12)9(3)11(6-2)7-8-13-4/h9H,5-8H2,1-4H3. The van der Waals surface area contributed by atoms with E-state index < -0.39 is 0 Å². The molecule has 78 valence electrons. The number of ketones is 1. The van der Waals surface area contributed by atoms with Crippen molar-refractivity contribution in [3.63, 3.8) is 0 Å². The molecule has 0 fully saturated rings. The van der Waals surface area contributed by atoms with Gasteiger partial charge < -0.3 is 4.74 Å². The van der Waals surface area contributed by atoms with Gasteiger partial charge in [0.05, 0.1) is 12.6 Å². The van der Waals surface area contributed by atoms with E-state index in [9.17, 15) is 4.79 Å². The van der Waals surface area contributed by atoms with Gasteiger partial charge >= 0.3 is 0 Å². The fourth-order valence-corrected chi connectivity index (χ4v) is 1.33. The van der Waals surface area contributed by atoms with Gasteiger partial charge in [0.15, 0.2) is 0 Å². The van der Waals surface area contributed by atoms with Gasteiger partial charge in [-0.05, 0) is 13.5 Å². The summed E-state index contributed by atoms with van der Waals surface area (Å²) in [6, 6.07) is 0.0325. The molecule has 0 radical (unpaired) electrons. The number of ether oxygens (including phenoxy) is 1. The molecule has 3 nitrogen and oxygen atoms in total. The third-order valence-electron chi connectivity index (χ3n) is 2.35.